The van der Waals surface area contributed by atoms with E-state index in [1.807, 2.05) is 0 Å². The van der Waals surface area contributed by atoms with Crippen molar-refractivity contribution in [3.05, 3.63) is 28.2 Å². The quantitative estimate of drug-likeness (QED) is 0.653. The third-order valence-electron chi connectivity index (χ3n) is 3.79. The highest BCUT2D eigenvalue weighted by Gasteiger charge is 2.34. The molecular formula is C16H19Cl2N3O4. The van der Waals surface area contributed by atoms with Gasteiger partial charge < -0.3 is 20.6 Å². The van der Waals surface area contributed by atoms with E-state index in [1.54, 1.807) is 18.2 Å². The van der Waals surface area contributed by atoms with E-state index < -0.39 is 12.0 Å². The van der Waals surface area contributed by atoms with Crippen LogP contribution in [0.25, 0.3) is 0 Å². The van der Waals surface area contributed by atoms with Gasteiger partial charge in [0.05, 0.1) is 0 Å². The Balaban J connectivity index is 1.91. The largest absolute Gasteiger partial charge is 0.481 e. The summed E-state index contributed by atoms with van der Waals surface area (Å²) in [4.78, 5) is 36.6. The van der Waals surface area contributed by atoms with Gasteiger partial charge in [-0.3, -0.25) is 9.59 Å². The van der Waals surface area contributed by atoms with Crippen LogP contribution in [0.5, 0.6) is 0 Å². The number of rotatable bonds is 6. The standard InChI is InChI=1S/C16H19Cl2N3O4/c17-10-7-11(18)9-12(8-10)20-15(24)13-3-2-6-21(13)16(25)19-5-1-4-14(22)23/h7-9,13H,1-6H2,(H,19,25)(H,20,24)(H,22,23). The maximum Gasteiger partial charge on any atom is 0.318 e. The molecular weight excluding hydrogens is 369 g/mol. The van der Waals surface area contributed by atoms with Crippen molar-refractivity contribution in [3.8, 4) is 0 Å². The van der Waals surface area contributed by atoms with Crippen LogP contribution in [0, 0.1) is 0 Å². The van der Waals surface area contributed by atoms with Crippen LogP contribution in [-0.4, -0.2) is 47.0 Å². The third-order valence-corrected chi connectivity index (χ3v) is 4.23. The van der Waals surface area contributed by atoms with Gasteiger partial charge in [-0.05, 0) is 37.5 Å². The summed E-state index contributed by atoms with van der Waals surface area (Å²) in [5, 5.41) is 14.8. The summed E-state index contributed by atoms with van der Waals surface area (Å²) in [7, 11) is 0. The molecule has 1 aliphatic heterocycles. The first-order valence-corrected chi connectivity index (χ1v) is 8.65. The molecule has 1 fully saturated rings. The Hall–Kier alpha value is -1.99. The number of nitrogens with zero attached hydrogens (tertiary/aromatic N) is 1. The predicted octanol–water partition coefficient (Wildman–Crippen LogP) is 2.97. The second-order valence-corrected chi connectivity index (χ2v) is 6.60. The lowest BCUT2D eigenvalue weighted by Crippen LogP contribution is -2.47. The Morgan fingerprint density at radius 3 is 2.52 bits per heavy atom. The fraction of sp³-hybridized carbons (Fsp3) is 0.438. The van der Waals surface area contributed by atoms with Crippen LogP contribution in [-0.2, 0) is 9.59 Å². The van der Waals surface area contributed by atoms with Gasteiger partial charge in [0.25, 0.3) is 0 Å². The number of amides is 3. The summed E-state index contributed by atoms with van der Waals surface area (Å²) in [6.45, 7) is 0.721. The summed E-state index contributed by atoms with van der Waals surface area (Å²) in [5.74, 6) is -1.22. The topological polar surface area (TPSA) is 98.7 Å². The molecule has 3 amide bonds. The van der Waals surface area contributed by atoms with Crippen LogP contribution in [0.4, 0.5) is 10.5 Å². The van der Waals surface area contributed by atoms with Crippen LogP contribution in [0.3, 0.4) is 0 Å². The summed E-state index contributed by atoms with van der Waals surface area (Å²) < 4.78 is 0. The van der Waals surface area contributed by atoms with Crippen molar-refractivity contribution >= 4 is 46.8 Å². The number of hydrogen-bond donors (Lipinski definition) is 3. The van der Waals surface area contributed by atoms with Crippen molar-refractivity contribution in [2.75, 3.05) is 18.4 Å². The number of nitrogens with one attached hydrogen (secondary N) is 2. The average Bonchev–Trinajstić information content (AvgIpc) is 2.99. The van der Waals surface area contributed by atoms with Crippen molar-refractivity contribution < 1.29 is 19.5 Å². The van der Waals surface area contributed by atoms with Gasteiger partial charge in [-0.25, -0.2) is 4.79 Å². The minimum Gasteiger partial charge on any atom is -0.481 e. The smallest absolute Gasteiger partial charge is 0.318 e. The van der Waals surface area contributed by atoms with Crippen LogP contribution in [0.15, 0.2) is 18.2 Å². The number of halogens is 2. The Labute approximate surface area is 155 Å². The molecule has 7 nitrogen and oxygen atoms in total. The molecule has 0 aromatic heterocycles. The van der Waals surface area contributed by atoms with Crippen LogP contribution < -0.4 is 10.6 Å². The van der Waals surface area contributed by atoms with Crippen molar-refractivity contribution in [2.45, 2.75) is 31.7 Å². The number of carboxylic acids is 1. The number of aliphatic carboxylic acids is 1. The number of urea groups is 1. The van der Waals surface area contributed by atoms with Crippen molar-refractivity contribution in [2.24, 2.45) is 0 Å². The van der Waals surface area contributed by atoms with E-state index in [0.717, 1.165) is 6.42 Å². The highest BCUT2D eigenvalue weighted by molar-refractivity contribution is 6.35. The van der Waals surface area contributed by atoms with Gasteiger partial charge in [-0.2, -0.15) is 0 Å². The number of anilines is 1. The van der Waals surface area contributed by atoms with E-state index in [1.165, 1.54) is 4.90 Å². The molecule has 1 saturated heterocycles. The van der Waals surface area contributed by atoms with Crippen LogP contribution >= 0.6 is 23.2 Å². The van der Waals surface area contributed by atoms with Gasteiger partial charge in [-0.1, -0.05) is 23.2 Å². The number of benzene rings is 1. The predicted molar refractivity (Wildman–Crippen MR) is 95.1 cm³/mol. The lowest BCUT2D eigenvalue weighted by molar-refractivity contribution is -0.137. The lowest BCUT2D eigenvalue weighted by atomic mass is 10.2. The first kappa shape index (κ1) is 19.3. The van der Waals surface area contributed by atoms with Crippen molar-refractivity contribution in [3.63, 3.8) is 0 Å². The minimum atomic E-state index is -0.909. The molecule has 9 heteroatoms. The lowest BCUT2D eigenvalue weighted by Gasteiger charge is -2.24. The second-order valence-electron chi connectivity index (χ2n) is 5.73. The van der Waals surface area contributed by atoms with Gasteiger partial charge in [0.1, 0.15) is 6.04 Å². The number of likely N-dealkylation sites (tertiary alicyclic amines) is 1. The highest BCUT2D eigenvalue weighted by atomic mass is 35.5. The Bertz CT molecular complexity index is 649. The zero-order valence-electron chi connectivity index (χ0n) is 13.4. The second kappa shape index (κ2) is 8.92. The molecule has 0 saturated carbocycles. The number of carbonyl (C=O) groups excluding carboxylic acids is 2. The van der Waals surface area contributed by atoms with Crippen molar-refractivity contribution in [1.82, 2.24) is 10.2 Å². The first-order chi connectivity index (χ1) is 11.9. The van der Waals surface area contributed by atoms with Gasteiger partial charge in [0, 0.05) is 35.2 Å². The average molecular weight is 388 g/mol. The van der Waals surface area contributed by atoms with E-state index in [2.05, 4.69) is 10.6 Å². The molecule has 1 heterocycles. The molecule has 1 aromatic carbocycles. The Kier molecular flexibility index (Phi) is 6.90. The summed E-state index contributed by atoms with van der Waals surface area (Å²) in [6, 6.07) is 3.77. The molecule has 3 N–H and O–H groups in total. The first-order valence-electron chi connectivity index (χ1n) is 7.90. The molecule has 2 rings (SSSR count). The van der Waals surface area contributed by atoms with Gasteiger partial charge in [0.15, 0.2) is 0 Å². The molecule has 25 heavy (non-hydrogen) atoms. The molecule has 0 spiro atoms. The molecule has 1 unspecified atom stereocenters. The third kappa shape index (κ3) is 5.79. The van der Waals surface area contributed by atoms with E-state index in [4.69, 9.17) is 28.3 Å². The Morgan fingerprint density at radius 1 is 1.20 bits per heavy atom. The summed E-state index contributed by atoms with van der Waals surface area (Å²) in [6.07, 6.45) is 1.60. The van der Waals surface area contributed by atoms with Gasteiger partial charge >= 0.3 is 12.0 Å². The minimum absolute atomic E-state index is 0.0142. The van der Waals surface area contributed by atoms with Crippen LogP contribution in [0.2, 0.25) is 10.0 Å². The monoisotopic (exact) mass is 387 g/mol. The fourth-order valence-electron chi connectivity index (χ4n) is 2.67. The Morgan fingerprint density at radius 2 is 1.88 bits per heavy atom. The summed E-state index contributed by atoms with van der Waals surface area (Å²) in [5.41, 5.74) is 0.469. The van der Waals surface area contributed by atoms with E-state index >= 15 is 0 Å². The molecule has 0 radical (unpaired) electrons. The van der Waals surface area contributed by atoms with E-state index in [-0.39, 0.29) is 24.9 Å². The maximum absolute atomic E-state index is 12.5. The zero-order valence-corrected chi connectivity index (χ0v) is 14.9. The maximum atomic E-state index is 12.5. The molecule has 1 aliphatic rings. The highest BCUT2D eigenvalue weighted by Crippen LogP contribution is 2.24. The SMILES string of the molecule is O=C(O)CCCNC(=O)N1CCCC1C(=O)Nc1cc(Cl)cc(Cl)c1. The van der Waals surface area contributed by atoms with Gasteiger partial charge in [-0.15, -0.1) is 0 Å². The van der Waals surface area contributed by atoms with E-state index in [0.29, 0.717) is 35.1 Å². The number of carbonyl (C=O) groups is 3. The normalized spacial score (nSPS) is 16.6. The molecule has 0 bridgehead atoms. The summed E-state index contributed by atoms with van der Waals surface area (Å²) >= 11 is 11.8. The van der Waals surface area contributed by atoms with Gasteiger partial charge in [0.2, 0.25) is 5.91 Å². The molecule has 0 aliphatic carbocycles. The fourth-order valence-corrected chi connectivity index (χ4v) is 3.20. The molecule has 1 atom stereocenters. The van der Waals surface area contributed by atoms with Crippen molar-refractivity contribution in [1.29, 1.82) is 0 Å². The van der Waals surface area contributed by atoms with Crippen LogP contribution in [0.1, 0.15) is 25.7 Å². The van der Waals surface area contributed by atoms with E-state index in [9.17, 15) is 14.4 Å². The molecule has 136 valence electrons. The number of carboxylic acid groups (broad SMARTS) is 1. The molecule has 1 aromatic rings. The zero-order chi connectivity index (χ0) is 18.4. The number of hydrogen-bond acceptors (Lipinski definition) is 3.